The third-order valence-corrected chi connectivity index (χ3v) is 1.77. The molecule has 0 fully saturated rings. The standard InChI is InChI=1S/C10H9N3/c1-7(2)8-3-4-9-10(13-8)12-6-5-11-9/h3-6H,1H2,2H3. The average Bonchev–Trinajstić information content (AvgIpc) is 2.17. The number of allylic oxidation sites excluding steroid dienone is 1. The van der Waals surface area contributed by atoms with Gasteiger partial charge in [-0.1, -0.05) is 6.58 Å². The fraction of sp³-hybridized carbons (Fsp3) is 0.100. The summed E-state index contributed by atoms with van der Waals surface area (Å²) in [5.74, 6) is 0. The molecule has 0 amide bonds. The summed E-state index contributed by atoms with van der Waals surface area (Å²) in [5.41, 5.74) is 3.29. The molecule has 3 heteroatoms. The van der Waals surface area contributed by atoms with E-state index >= 15 is 0 Å². The van der Waals surface area contributed by atoms with Crippen LogP contribution >= 0.6 is 0 Å². The maximum absolute atomic E-state index is 4.30. The lowest BCUT2D eigenvalue weighted by atomic mass is 10.2. The highest BCUT2D eigenvalue weighted by Crippen LogP contribution is 2.11. The minimum atomic E-state index is 0.669. The van der Waals surface area contributed by atoms with Crippen molar-refractivity contribution in [3.8, 4) is 0 Å². The van der Waals surface area contributed by atoms with E-state index in [4.69, 9.17) is 0 Å². The van der Waals surface area contributed by atoms with Crippen LogP contribution in [0.3, 0.4) is 0 Å². The molecular formula is C10H9N3. The Bertz CT molecular complexity index is 462. The summed E-state index contributed by atoms with van der Waals surface area (Å²) >= 11 is 0. The van der Waals surface area contributed by atoms with Crippen molar-refractivity contribution in [2.45, 2.75) is 6.92 Å². The molecule has 0 aromatic carbocycles. The van der Waals surface area contributed by atoms with Crippen molar-refractivity contribution >= 4 is 16.7 Å². The number of hydrogen-bond donors (Lipinski definition) is 0. The Kier molecular flexibility index (Phi) is 1.77. The normalized spacial score (nSPS) is 10.2. The molecule has 3 nitrogen and oxygen atoms in total. The highest BCUT2D eigenvalue weighted by molar-refractivity contribution is 5.72. The van der Waals surface area contributed by atoms with E-state index in [1.54, 1.807) is 12.4 Å². The van der Waals surface area contributed by atoms with Gasteiger partial charge >= 0.3 is 0 Å². The summed E-state index contributed by atoms with van der Waals surface area (Å²) in [4.78, 5) is 12.5. The quantitative estimate of drug-likeness (QED) is 0.659. The first-order valence-electron chi connectivity index (χ1n) is 4.01. The molecule has 0 aliphatic carbocycles. The van der Waals surface area contributed by atoms with Gasteiger partial charge in [0.15, 0.2) is 5.65 Å². The summed E-state index contributed by atoms with van der Waals surface area (Å²) in [6, 6.07) is 3.80. The molecule has 0 unspecified atom stereocenters. The van der Waals surface area contributed by atoms with Crippen molar-refractivity contribution in [1.82, 2.24) is 15.0 Å². The average molecular weight is 171 g/mol. The first-order valence-corrected chi connectivity index (χ1v) is 4.01. The van der Waals surface area contributed by atoms with E-state index in [1.165, 1.54) is 0 Å². The first kappa shape index (κ1) is 7.86. The van der Waals surface area contributed by atoms with Gasteiger partial charge in [-0.3, -0.25) is 4.98 Å². The second-order valence-electron chi connectivity index (χ2n) is 2.88. The van der Waals surface area contributed by atoms with Crippen LogP contribution in [-0.4, -0.2) is 15.0 Å². The van der Waals surface area contributed by atoms with E-state index in [-0.39, 0.29) is 0 Å². The predicted molar refractivity (Wildman–Crippen MR) is 52.0 cm³/mol. The summed E-state index contributed by atoms with van der Waals surface area (Å²) in [5, 5.41) is 0. The molecule has 2 aromatic heterocycles. The summed E-state index contributed by atoms with van der Waals surface area (Å²) < 4.78 is 0. The number of aromatic nitrogens is 3. The van der Waals surface area contributed by atoms with E-state index < -0.39 is 0 Å². The number of nitrogens with zero attached hydrogens (tertiary/aromatic N) is 3. The van der Waals surface area contributed by atoms with E-state index in [9.17, 15) is 0 Å². The van der Waals surface area contributed by atoms with E-state index in [2.05, 4.69) is 21.5 Å². The van der Waals surface area contributed by atoms with Gasteiger partial charge in [0.25, 0.3) is 0 Å². The Morgan fingerprint density at radius 1 is 1.23 bits per heavy atom. The lowest BCUT2D eigenvalue weighted by Gasteiger charge is -1.99. The summed E-state index contributed by atoms with van der Waals surface area (Å²) in [6.45, 7) is 5.74. The van der Waals surface area contributed by atoms with Gasteiger partial charge in [0.2, 0.25) is 0 Å². The molecule has 0 aliphatic rings. The molecule has 0 radical (unpaired) electrons. The van der Waals surface area contributed by atoms with E-state index in [1.807, 2.05) is 19.1 Å². The molecule has 0 saturated heterocycles. The molecule has 0 saturated carbocycles. The fourth-order valence-corrected chi connectivity index (χ4v) is 1.09. The van der Waals surface area contributed by atoms with Gasteiger partial charge in [-0.25, -0.2) is 9.97 Å². The Labute approximate surface area is 76.2 Å². The van der Waals surface area contributed by atoms with Crippen molar-refractivity contribution in [1.29, 1.82) is 0 Å². The molecule has 0 aliphatic heterocycles. The highest BCUT2D eigenvalue weighted by atomic mass is 14.9. The third-order valence-electron chi connectivity index (χ3n) is 1.77. The SMILES string of the molecule is C=C(C)c1ccc2nccnc2n1. The molecule has 13 heavy (non-hydrogen) atoms. The van der Waals surface area contributed by atoms with Crippen molar-refractivity contribution in [2.24, 2.45) is 0 Å². The summed E-state index contributed by atoms with van der Waals surface area (Å²) in [7, 11) is 0. The zero-order valence-electron chi connectivity index (χ0n) is 7.36. The zero-order valence-corrected chi connectivity index (χ0v) is 7.36. The molecule has 64 valence electrons. The van der Waals surface area contributed by atoms with Gasteiger partial charge in [-0.05, 0) is 24.6 Å². The third kappa shape index (κ3) is 1.40. The minimum Gasteiger partial charge on any atom is -0.251 e. The van der Waals surface area contributed by atoms with Crippen molar-refractivity contribution in [3.63, 3.8) is 0 Å². The Morgan fingerprint density at radius 3 is 2.77 bits per heavy atom. The van der Waals surface area contributed by atoms with Gasteiger partial charge < -0.3 is 0 Å². The molecule has 2 rings (SSSR count). The lowest BCUT2D eigenvalue weighted by Crippen LogP contribution is -1.90. The van der Waals surface area contributed by atoms with E-state index in [0.29, 0.717) is 5.65 Å². The fourth-order valence-electron chi connectivity index (χ4n) is 1.09. The number of pyridine rings is 1. The largest absolute Gasteiger partial charge is 0.251 e. The van der Waals surface area contributed by atoms with Crippen LogP contribution in [0.5, 0.6) is 0 Å². The minimum absolute atomic E-state index is 0.669. The van der Waals surface area contributed by atoms with Gasteiger partial charge in [-0.2, -0.15) is 0 Å². The van der Waals surface area contributed by atoms with Gasteiger partial charge in [0.05, 0.1) is 5.69 Å². The number of hydrogen-bond acceptors (Lipinski definition) is 3. The van der Waals surface area contributed by atoms with Crippen molar-refractivity contribution < 1.29 is 0 Å². The van der Waals surface area contributed by atoms with Crippen LogP contribution in [0.25, 0.3) is 16.7 Å². The molecule has 0 atom stereocenters. The molecule has 0 spiro atoms. The van der Waals surface area contributed by atoms with Crippen LogP contribution in [-0.2, 0) is 0 Å². The first-order chi connectivity index (χ1) is 6.27. The van der Waals surface area contributed by atoms with Gasteiger partial charge in [0.1, 0.15) is 5.52 Å². The number of rotatable bonds is 1. The van der Waals surface area contributed by atoms with Crippen LogP contribution in [0.2, 0.25) is 0 Å². The monoisotopic (exact) mass is 171 g/mol. The van der Waals surface area contributed by atoms with Crippen LogP contribution in [0.15, 0.2) is 31.1 Å². The molecule has 0 N–H and O–H groups in total. The van der Waals surface area contributed by atoms with Crippen LogP contribution in [0, 0.1) is 0 Å². The topological polar surface area (TPSA) is 38.7 Å². The Balaban J connectivity index is 2.69. The van der Waals surface area contributed by atoms with E-state index in [0.717, 1.165) is 16.8 Å². The molecule has 2 heterocycles. The van der Waals surface area contributed by atoms with Crippen LogP contribution < -0.4 is 0 Å². The molecular weight excluding hydrogens is 162 g/mol. The second-order valence-corrected chi connectivity index (χ2v) is 2.88. The Morgan fingerprint density at radius 2 is 2.00 bits per heavy atom. The second kappa shape index (κ2) is 2.94. The Hall–Kier alpha value is -1.77. The summed E-state index contributed by atoms with van der Waals surface area (Å²) in [6.07, 6.45) is 3.29. The van der Waals surface area contributed by atoms with Crippen molar-refractivity contribution in [3.05, 3.63) is 36.8 Å². The predicted octanol–water partition coefficient (Wildman–Crippen LogP) is 2.06. The lowest BCUT2D eigenvalue weighted by molar-refractivity contribution is 1.20. The molecule has 2 aromatic rings. The number of fused-ring (bicyclic) bond motifs is 1. The highest BCUT2D eigenvalue weighted by Gasteiger charge is 1.99. The zero-order chi connectivity index (χ0) is 9.26. The smallest absolute Gasteiger partial charge is 0.178 e. The van der Waals surface area contributed by atoms with Gasteiger partial charge in [0, 0.05) is 12.4 Å². The maximum Gasteiger partial charge on any atom is 0.178 e. The van der Waals surface area contributed by atoms with Crippen LogP contribution in [0.1, 0.15) is 12.6 Å². The molecule has 0 bridgehead atoms. The van der Waals surface area contributed by atoms with Crippen LogP contribution in [0.4, 0.5) is 0 Å². The maximum atomic E-state index is 4.30. The van der Waals surface area contributed by atoms with Gasteiger partial charge in [-0.15, -0.1) is 0 Å². The van der Waals surface area contributed by atoms with Crippen molar-refractivity contribution in [2.75, 3.05) is 0 Å².